The molecule has 0 radical (unpaired) electrons. The number of carbonyl (C=O) groups is 2. The van der Waals surface area contributed by atoms with Crippen molar-refractivity contribution in [3.8, 4) is 0 Å². The first-order chi connectivity index (χ1) is 8.49. The molecule has 0 aliphatic carbocycles. The van der Waals surface area contributed by atoms with Crippen LogP contribution in [0.5, 0.6) is 0 Å². The Labute approximate surface area is 107 Å². The maximum absolute atomic E-state index is 11.7. The molecule has 0 atom stereocenters. The van der Waals surface area contributed by atoms with E-state index in [0.717, 1.165) is 11.1 Å². The summed E-state index contributed by atoms with van der Waals surface area (Å²) >= 11 is 0. The zero-order chi connectivity index (χ0) is 13.5. The van der Waals surface area contributed by atoms with Crippen molar-refractivity contribution < 1.29 is 14.0 Å². The van der Waals surface area contributed by atoms with Crippen molar-refractivity contribution >= 4 is 11.6 Å². The highest BCUT2D eigenvalue weighted by molar-refractivity contribution is 6.00. The Morgan fingerprint density at radius 2 is 1.89 bits per heavy atom. The molecule has 0 aromatic carbocycles. The van der Waals surface area contributed by atoms with Crippen LogP contribution in [0.25, 0.3) is 0 Å². The fourth-order valence-corrected chi connectivity index (χ4v) is 1.52. The Bertz CT molecular complexity index is 472. The second-order valence-electron chi connectivity index (χ2n) is 4.55. The van der Waals surface area contributed by atoms with Crippen LogP contribution in [0.3, 0.4) is 0 Å². The van der Waals surface area contributed by atoms with Gasteiger partial charge in [-0.1, -0.05) is 11.1 Å². The van der Waals surface area contributed by atoms with Gasteiger partial charge in [0.2, 0.25) is 0 Å². The highest BCUT2D eigenvalue weighted by Crippen LogP contribution is 2.10. The molecule has 1 aromatic heterocycles. The van der Waals surface area contributed by atoms with E-state index in [1.54, 1.807) is 18.2 Å². The van der Waals surface area contributed by atoms with Gasteiger partial charge in [-0.25, -0.2) is 0 Å². The fourth-order valence-electron chi connectivity index (χ4n) is 1.52. The standard InChI is InChI=1S/C15H18O3/c1-11(2)8-14(16)9-12(3)4-5-15(17)13-6-7-18-10-13/h6-10H,4-5H2,1-3H3/b12-9+. The van der Waals surface area contributed by atoms with Gasteiger partial charge in [-0.2, -0.15) is 0 Å². The van der Waals surface area contributed by atoms with Crippen LogP contribution >= 0.6 is 0 Å². The summed E-state index contributed by atoms with van der Waals surface area (Å²) in [6.45, 7) is 5.62. The molecule has 1 heterocycles. The molecular formula is C15H18O3. The maximum atomic E-state index is 11.7. The molecule has 0 bridgehead atoms. The van der Waals surface area contributed by atoms with Gasteiger partial charge in [0.1, 0.15) is 6.26 Å². The number of furan rings is 1. The van der Waals surface area contributed by atoms with Gasteiger partial charge < -0.3 is 4.42 Å². The van der Waals surface area contributed by atoms with Crippen molar-refractivity contribution in [2.45, 2.75) is 33.6 Å². The number of ketones is 2. The SMILES string of the molecule is CC(C)=CC(=O)/C=C(\C)CCC(=O)c1ccoc1. The monoisotopic (exact) mass is 246 g/mol. The van der Waals surface area contributed by atoms with E-state index >= 15 is 0 Å². The summed E-state index contributed by atoms with van der Waals surface area (Å²) in [5.74, 6) is 0.00873. The number of carbonyl (C=O) groups excluding carboxylic acids is 2. The molecule has 0 amide bonds. The predicted molar refractivity (Wildman–Crippen MR) is 70.5 cm³/mol. The third kappa shape index (κ3) is 4.95. The molecule has 96 valence electrons. The van der Waals surface area contributed by atoms with Crippen LogP contribution in [0.1, 0.15) is 44.0 Å². The highest BCUT2D eigenvalue weighted by Gasteiger charge is 2.07. The number of hydrogen-bond donors (Lipinski definition) is 0. The second-order valence-corrected chi connectivity index (χ2v) is 4.55. The largest absolute Gasteiger partial charge is 0.472 e. The lowest BCUT2D eigenvalue weighted by molar-refractivity contribution is -0.110. The van der Waals surface area contributed by atoms with Crippen LogP contribution in [0.4, 0.5) is 0 Å². The van der Waals surface area contributed by atoms with Crippen LogP contribution in [-0.4, -0.2) is 11.6 Å². The summed E-state index contributed by atoms with van der Waals surface area (Å²) in [5, 5.41) is 0. The van der Waals surface area contributed by atoms with Gasteiger partial charge >= 0.3 is 0 Å². The summed E-state index contributed by atoms with van der Waals surface area (Å²) in [6.07, 6.45) is 7.07. The van der Waals surface area contributed by atoms with Crippen molar-refractivity contribution in [1.29, 1.82) is 0 Å². The molecule has 0 aliphatic rings. The fraction of sp³-hybridized carbons (Fsp3) is 0.333. The average molecular weight is 246 g/mol. The third-order valence-electron chi connectivity index (χ3n) is 2.41. The number of Topliss-reactive ketones (excluding diaryl/α,β-unsaturated/α-hetero) is 1. The van der Waals surface area contributed by atoms with Gasteiger partial charge in [-0.3, -0.25) is 9.59 Å². The van der Waals surface area contributed by atoms with E-state index in [9.17, 15) is 9.59 Å². The molecular weight excluding hydrogens is 228 g/mol. The minimum absolute atomic E-state index is 0.0248. The lowest BCUT2D eigenvalue weighted by atomic mass is 10.0. The first-order valence-electron chi connectivity index (χ1n) is 5.90. The van der Waals surface area contributed by atoms with E-state index in [-0.39, 0.29) is 11.6 Å². The summed E-state index contributed by atoms with van der Waals surface area (Å²) in [6, 6.07) is 1.65. The minimum atomic E-state index is -0.0248. The van der Waals surface area contributed by atoms with Gasteiger partial charge in [-0.15, -0.1) is 0 Å². The van der Waals surface area contributed by atoms with E-state index in [4.69, 9.17) is 4.42 Å². The maximum Gasteiger partial charge on any atom is 0.178 e. The number of hydrogen-bond acceptors (Lipinski definition) is 3. The van der Waals surface area contributed by atoms with E-state index in [1.165, 1.54) is 12.5 Å². The van der Waals surface area contributed by atoms with Gasteiger partial charge in [0.15, 0.2) is 11.6 Å². The predicted octanol–water partition coefficient (Wildman–Crippen LogP) is 3.72. The molecule has 3 heteroatoms. The van der Waals surface area contributed by atoms with Crippen molar-refractivity contribution in [2.24, 2.45) is 0 Å². The molecule has 0 fully saturated rings. The molecule has 3 nitrogen and oxygen atoms in total. The van der Waals surface area contributed by atoms with Gasteiger partial charge in [-0.05, 0) is 45.4 Å². The molecule has 1 rings (SSSR count). The molecule has 0 spiro atoms. The number of rotatable bonds is 6. The Hall–Kier alpha value is -1.90. The minimum Gasteiger partial charge on any atom is -0.472 e. The van der Waals surface area contributed by atoms with Crippen LogP contribution in [-0.2, 0) is 4.79 Å². The smallest absolute Gasteiger partial charge is 0.178 e. The summed E-state index contributed by atoms with van der Waals surface area (Å²) in [4.78, 5) is 23.2. The quantitative estimate of drug-likeness (QED) is 0.567. The molecule has 1 aromatic rings. The lowest BCUT2D eigenvalue weighted by Gasteiger charge is -1.99. The van der Waals surface area contributed by atoms with Crippen molar-refractivity contribution in [1.82, 2.24) is 0 Å². The molecule has 0 saturated heterocycles. The molecule has 0 unspecified atom stereocenters. The number of allylic oxidation sites excluding steroid dienone is 4. The topological polar surface area (TPSA) is 47.3 Å². The highest BCUT2D eigenvalue weighted by atomic mass is 16.3. The first kappa shape index (κ1) is 14.2. The Balaban J connectivity index is 2.49. The summed E-state index contributed by atoms with van der Waals surface area (Å²) in [5.41, 5.74) is 2.46. The van der Waals surface area contributed by atoms with Crippen LogP contribution < -0.4 is 0 Å². The van der Waals surface area contributed by atoms with E-state index < -0.39 is 0 Å². The molecule has 0 aliphatic heterocycles. The Kier molecular flexibility index (Phi) is 5.31. The van der Waals surface area contributed by atoms with Gasteiger partial charge in [0.05, 0.1) is 11.8 Å². The molecule has 18 heavy (non-hydrogen) atoms. The second kappa shape index (κ2) is 6.74. The van der Waals surface area contributed by atoms with Crippen LogP contribution in [0.15, 0.2) is 46.3 Å². The van der Waals surface area contributed by atoms with Crippen LogP contribution in [0.2, 0.25) is 0 Å². The Morgan fingerprint density at radius 3 is 2.44 bits per heavy atom. The third-order valence-corrected chi connectivity index (χ3v) is 2.41. The molecule has 0 saturated carbocycles. The normalized spacial score (nSPS) is 11.2. The Morgan fingerprint density at radius 1 is 1.17 bits per heavy atom. The van der Waals surface area contributed by atoms with E-state index in [1.807, 2.05) is 20.8 Å². The van der Waals surface area contributed by atoms with Crippen LogP contribution in [0, 0.1) is 0 Å². The summed E-state index contributed by atoms with van der Waals surface area (Å²) < 4.78 is 4.85. The first-order valence-corrected chi connectivity index (χ1v) is 5.90. The van der Waals surface area contributed by atoms with Gasteiger partial charge in [0.25, 0.3) is 0 Å². The average Bonchev–Trinajstić information content (AvgIpc) is 2.77. The summed E-state index contributed by atoms with van der Waals surface area (Å²) in [7, 11) is 0. The van der Waals surface area contributed by atoms with Gasteiger partial charge in [0, 0.05) is 6.42 Å². The zero-order valence-electron chi connectivity index (χ0n) is 11.0. The van der Waals surface area contributed by atoms with Crippen molar-refractivity contribution in [2.75, 3.05) is 0 Å². The van der Waals surface area contributed by atoms with Crippen molar-refractivity contribution in [3.63, 3.8) is 0 Å². The van der Waals surface area contributed by atoms with E-state index in [0.29, 0.717) is 18.4 Å². The van der Waals surface area contributed by atoms with Crippen molar-refractivity contribution in [3.05, 3.63) is 47.5 Å². The molecule has 0 N–H and O–H groups in total. The zero-order valence-corrected chi connectivity index (χ0v) is 11.0. The lowest BCUT2D eigenvalue weighted by Crippen LogP contribution is -1.98. The van der Waals surface area contributed by atoms with E-state index in [2.05, 4.69) is 0 Å².